The number of ether oxygens (including phenoxy) is 1. The first-order valence-corrected chi connectivity index (χ1v) is 10.7. The third-order valence-electron chi connectivity index (χ3n) is 5.75. The van der Waals surface area contributed by atoms with Crippen molar-refractivity contribution in [2.45, 2.75) is 38.5 Å². The molecule has 1 aliphatic carbocycles. The van der Waals surface area contributed by atoms with E-state index in [1.807, 2.05) is 29.2 Å². The van der Waals surface area contributed by atoms with Gasteiger partial charge in [0.25, 0.3) is 0 Å². The van der Waals surface area contributed by atoms with Gasteiger partial charge in [0.05, 0.1) is 12.8 Å². The lowest BCUT2D eigenvalue weighted by Crippen LogP contribution is -2.50. The minimum Gasteiger partial charge on any atom is -0.495 e. The van der Waals surface area contributed by atoms with E-state index < -0.39 is 18.3 Å². The van der Waals surface area contributed by atoms with Gasteiger partial charge in [0.1, 0.15) is 5.75 Å². The fraction of sp³-hybridized carbons (Fsp3) is 0.636. The third kappa shape index (κ3) is 6.79. The Kier molecular flexibility index (Phi) is 6.68. The van der Waals surface area contributed by atoms with Gasteiger partial charge in [-0.05, 0) is 30.9 Å². The second-order valence-electron chi connectivity index (χ2n) is 7.81. The molecule has 8 nitrogen and oxygen atoms in total. The number of hydrogen-bond acceptors (Lipinski definition) is 5. The Morgan fingerprint density at radius 1 is 1.13 bits per heavy atom. The number of para-hydroxylation sites is 2. The van der Waals surface area contributed by atoms with Crippen molar-refractivity contribution in [3.05, 3.63) is 24.3 Å². The maximum absolute atomic E-state index is 12.6. The zero-order valence-electron chi connectivity index (χ0n) is 21.7. The number of piperazine rings is 1. The number of nitrogens with one attached hydrogen (secondary N) is 3. The van der Waals surface area contributed by atoms with Crippen molar-refractivity contribution in [2.75, 3.05) is 51.3 Å². The average Bonchev–Trinajstić information content (AvgIpc) is 2.86. The van der Waals surface area contributed by atoms with Crippen molar-refractivity contribution in [3.63, 3.8) is 0 Å². The van der Waals surface area contributed by atoms with Crippen LogP contribution in [0.3, 0.4) is 0 Å². The number of carbonyl (C=O) groups excluding carboxylic acids is 2. The fourth-order valence-corrected chi connectivity index (χ4v) is 4.00. The largest absolute Gasteiger partial charge is 0.495 e. The van der Waals surface area contributed by atoms with E-state index in [1.54, 1.807) is 7.11 Å². The summed E-state index contributed by atoms with van der Waals surface area (Å²) < 4.78 is 37.6. The molecule has 3 rings (SSSR count). The average molecular weight is 422 g/mol. The zero-order chi connectivity index (χ0) is 24.7. The van der Waals surface area contributed by atoms with Crippen LogP contribution in [0.1, 0.15) is 41.2 Å². The highest BCUT2D eigenvalue weighted by molar-refractivity contribution is 5.81. The number of anilines is 1. The summed E-state index contributed by atoms with van der Waals surface area (Å²) in [4.78, 5) is 28.8. The molecule has 0 spiro atoms. The van der Waals surface area contributed by atoms with Gasteiger partial charge in [0.15, 0.2) is 2.82 Å². The van der Waals surface area contributed by atoms with Crippen molar-refractivity contribution < 1.29 is 19.9 Å². The molecule has 3 amide bonds. The Labute approximate surface area is 185 Å². The van der Waals surface area contributed by atoms with Gasteiger partial charge in [-0.2, -0.15) is 0 Å². The predicted molar refractivity (Wildman–Crippen MR) is 118 cm³/mol. The summed E-state index contributed by atoms with van der Waals surface area (Å²) >= 11 is 0. The van der Waals surface area contributed by atoms with E-state index in [-0.39, 0.29) is 17.4 Å². The number of carbonyl (C=O) groups is 2. The first kappa shape index (κ1) is 17.2. The number of hydrogen-bond donors (Lipinski definition) is 3. The first-order chi connectivity index (χ1) is 16.2. The van der Waals surface area contributed by atoms with Gasteiger partial charge in [-0.15, -0.1) is 0 Å². The Balaban J connectivity index is 1.48. The monoisotopic (exact) mass is 421 g/mol. The molecule has 2 fully saturated rings. The topological polar surface area (TPSA) is 85.9 Å². The molecule has 0 aromatic heterocycles. The summed E-state index contributed by atoms with van der Waals surface area (Å²) in [6, 6.07) is 6.78. The lowest BCUT2D eigenvalue weighted by molar-refractivity contribution is -0.122. The van der Waals surface area contributed by atoms with Gasteiger partial charge in [-0.1, -0.05) is 31.4 Å². The predicted octanol–water partition coefficient (Wildman–Crippen LogP) is 2.12. The second-order valence-corrected chi connectivity index (χ2v) is 7.81. The summed E-state index contributed by atoms with van der Waals surface area (Å²) in [5.74, 6) is -0.145. The lowest BCUT2D eigenvalue weighted by atomic mass is 9.89. The summed E-state index contributed by atoms with van der Waals surface area (Å²) in [6.07, 6.45) is 3.01. The van der Waals surface area contributed by atoms with Crippen LogP contribution < -0.4 is 25.8 Å². The van der Waals surface area contributed by atoms with Crippen LogP contribution >= 0.6 is 0 Å². The van der Waals surface area contributed by atoms with Crippen molar-refractivity contribution >= 4 is 17.6 Å². The van der Waals surface area contributed by atoms with Crippen LogP contribution in [0.15, 0.2) is 24.3 Å². The van der Waals surface area contributed by atoms with Gasteiger partial charge in [-0.3, -0.25) is 15.1 Å². The molecule has 8 heteroatoms. The number of nitrogens with zero attached hydrogens (tertiary/aromatic N) is 2. The van der Waals surface area contributed by atoms with E-state index >= 15 is 0 Å². The van der Waals surface area contributed by atoms with E-state index in [2.05, 4.69) is 10.2 Å². The minimum absolute atomic E-state index is 0.00128. The van der Waals surface area contributed by atoms with E-state index in [0.717, 1.165) is 37.1 Å². The minimum atomic E-state index is -2.42. The maximum Gasteiger partial charge on any atom is 0.333 e. The molecule has 166 valence electrons. The second kappa shape index (κ2) is 11.6. The van der Waals surface area contributed by atoms with Crippen LogP contribution in [0.5, 0.6) is 5.75 Å². The van der Waals surface area contributed by atoms with Crippen LogP contribution in [0.2, 0.25) is 2.82 Å². The number of benzene rings is 1. The quantitative estimate of drug-likeness (QED) is 0.587. The number of rotatable bonds is 7. The molecule has 0 bridgehead atoms. The summed E-state index contributed by atoms with van der Waals surface area (Å²) in [5.41, 5.74) is 1.05. The summed E-state index contributed by atoms with van der Waals surface area (Å²) in [6.45, 7) is 2.47. The van der Waals surface area contributed by atoms with Gasteiger partial charge in [-0.25, -0.2) is 10.2 Å². The molecular formula is C22H35N5O3. The Hall–Kier alpha value is -2.48. The molecule has 0 atom stereocenters. The Morgan fingerprint density at radius 3 is 2.60 bits per heavy atom. The third-order valence-corrected chi connectivity index (χ3v) is 5.75. The van der Waals surface area contributed by atoms with Gasteiger partial charge in [0, 0.05) is 48.4 Å². The molecule has 0 unspecified atom stereocenters. The molecular weight excluding hydrogens is 382 g/mol. The lowest BCUT2D eigenvalue weighted by Gasteiger charge is -2.36. The van der Waals surface area contributed by atoms with Crippen molar-refractivity contribution in [1.29, 1.82) is 0 Å². The molecule has 30 heavy (non-hydrogen) atoms. The van der Waals surface area contributed by atoms with E-state index in [0.29, 0.717) is 38.6 Å². The molecule has 2 aliphatic rings. The van der Waals surface area contributed by atoms with Gasteiger partial charge >= 0.3 is 6.03 Å². The Bertz CT molecular complexity index is 833. The molecule has 1 saturated heterocycles. The molecule has 1 saturated carbocycles. The van der Waals surface area contributed by atoms with E-state index in [4.69, 9.17) is 10.3 Å². The van der Waals surface area contributed by atoms with Crippen LogP contribution in [-0.2, 0) is 4.79 Å². The first-order valence-electron chi connectivity index (χ1n) is 12.6. The van der Waals surface area contributed by atoms with E-state index in [1.165, 1.54) is 6.42 Å². The van der Waals surface area contributed by atoms with E-state index in [9.17, 15) is 9.59 Å². The molecule has 1 aromatic carbocycles. The molecule has 3 N–H and O–H groups in total. The highest BCUT2D eigenvalue weighted by atomic mass is 16.5. The van der Waals surface area contributed by atoms with Crippen LogP contribution in [-0.4, -0.2) is 63.2 Å². The Morgan fingerprint density at radius 2 is 1.87 bits per heavy atom. The van der Waals surface area contributed by atoms with Crippen LogP contribution in [0, 0.1) is 5.92 Å². The van der Waals surface area contributed by atoms with Crippen molar-refractivity contribution in [3.8, 4) is 5.75 Å². The van der Waals surface area contributed by atoms with Crippen LogP contribution in [0.4, 0.5) is 10.5 Å². The number of hydrazine groups is 1. The fourth-order valence-electron chi connectivity index (χ4n) is 4.00. The number of amides is 3. The normalized spacial score (nSPS) is 20.4. The standard InChI is InChI=1S/C22H35N5O3/c1-30-20-10-6-5-9-19(20)27-15-13-26(14-16-27)12-11-21(28)24-25-22(29)23-17-18-7-3-2-4-8-18/h5-6,9-10,18H,2-4,7-8,11-17H2,1H3,(H,24,28)(H2,23,25,29)/i11D2/hD2. The zero-order valence-corrected chi connectivity index (χ0v) is 17.7. The van der Waals surface area contributed by atoms with Gasteiger partial charge in [0.2, 0.25) is 5.91 Å². The SMILES string of the molecule is [2H]N(C(=O)NCC1CCCCC1)N([2H])C(=O)C([2H])([2H])CN1CCN(c2ccccc2OC)CC1. The highest BCUT2D eigenvalue weighted by Crippen LogP contribution is 2.28. The van der Waals surface area contributed by atoms with Gasteiger partial charge < -0.3 is 15.0 Å². The van der Waals surface area contributed by atoms with Crippen molar-refractivity contribution in [2.24, 2.45) is 5.92 Å². The molecule has 1 heterocycles. The number of methoxy groups -OCH3 is 1. The van der Waals surface area contributed by atoms with Crippen molar-refractivity contribution in [1.82, 2.24) is 21.1 Å². The highest BCUT2D eigenvalue weighted by Gasteiger charge is 2.20. The molecule has 1 aromatic rings. The molecule has 0 radical (unpaired) electrons. The molecule has 1 aliphatic heterocycles. The maximum atomic E-state index is 12.6. The summed E-state index contributed by atoms with van der Waals surface area (Å²) in [7, 11) is 1.62. The smallest absolute Gasteiger partial charge is 0.333 e. The number of urea groups is 1. The van der Waals surface area contributed by atoms with Crippen LogP contribution in [0.25, 0.3) is 0 Å². The summed E-state index contributed by atoms with van der Waals surface area (Å²) in [5, 5.41) is 2.59.